The van der Waals surface area contributed by atoms with E-state index in [2.05, 4.69) is 15.6 Å². The lowest BCUT2D eigenvalue weighted by Crippen LogP contribution is -2.44. The van der Waals surface area contributed by atoms with E-state index in [9.17, 15) is 18.8 Å². The summed E-state index contributed by atoms with van der Waals surface area (Å²) in [6.07, 6.45) is 0.287. The molecule has 2 heterocycles. The number of para-hydroxylation sites is 1. The van der Waals surface area contributed by atoms with Gasteiger partial charge in [0.1, 0.15) is 23.4 Å². The Bertz CT molecular complexity index is 1490. The van der Waals surface area contributed by atoms with E-state index in [-0.39, 0.29) is 48.7 Å². The molecule has 0 fully saturated rings. The third-order valence-electron chi connectivity index (χ3n) is 6.36. The Morgan fingerprint density at radius 1 is 1.00 bits per heavy atom. The minimum Gasteiger partial charge on any atom is -0.497 e. The highest BCUT2D eigenvalue weighted by molar-refractivity contribution is 8.14. The lowest BCUT2D eigenvalue weighted by atomic mass is 10.1. The van der Waals surface area contributed by atoms with Crippen LogP contribution < -0.4 is 15.4 Å². The Balaban J connectivity index is 1.25. The van der Waals surface area contributed by atoms with Crippen LogP contribution in [-0.2, 0) is 20.9 Å². The summed E-state index contributed by atoms with van der Waals surface area (Å²) in [5.74, 6) is 0.00557. The van der Waals surface area contributed by atoms with Crippen molar-refractivity contribution < 1.29 is 23.5 Å². The molecule has 5 rings (SSSR count). The van der Waals surface area contributed by atoms with Gasteiger partial charge >= 0.3 is 0 Å². The number of fused-ring (bicyclic) bond motifs is 3. The minimum absolute atomic E-state index is 0.0515. The van der Waals surface area contributed by atoms with Gasteiger partial charge in [0.15, 0.2) is 5.17 Å². The molecule has 2 N–H and O–H groups in total. The maximum Gasteiger partial charge on any atom is 0.270 e. The first-order valence-corrected chi connectivity index (χ1v) is 13.6. The summed E-state index contributed by atoms with van der Waals surface area (Å²) in [6.45, 7) is 0.252. The molecule has 3 aromatic rings. The second-order valence-electron chi connectivity index (χ2n) is 9.08. The van der Waals surface area contributed by atoms with Gasteiger partial charge < -0.3 is 15.4 Å². The van der Waals surface area contributed by atoms with Gasteiger partial charge in [-0.15, -0.1) is 0 Å². The van der Waals surface area contributed by atoms with Crippen molar-refractivity contribution in [2.45, 2.75) is 25.4 Å². The third-order valence-corrected chi connectivity index (χ3v) is 7.31. The number of carbonyl (C=O) groups excluding carboxylic acids is 3. The Morgan fingerprint density at radius 3 is 2.50 bits per heavy atom. The van der Waals surface area contributed by atoms with Crippen LogP contribution in [0.1, 0.15) is 24.0 Å². The van der Waals surface area contributed by atoms with Gasteiger partial charge in [0, 0.05) is 24.2 Å². The molecule has 2 aliphatic heterocycles. The molecule has 0 radical (unpaired) electrons. The highest BCUT2D eigenvalue weighted by Crippen LogP contribution is 2.35. The summed E-state index contributed by atoms with van der Waals surface area (Å²) in [5, 5.41) is 6.11. The molecular weight excluding hydrogens is 533 g/mol. The number of nitrogens with one attached hydrogen (secondary N) is 2. The van der Waals surface area contributed by atoms with E-state index in [0.717, 1.165) is 5.56 Å². The molecule has 3 amide bonds. The number of aliphatic imine (C=N–C) groups is 2. The molecular formula is C29H26FN5O4S. The van der Waals surface area contributed by atoms with Gasteiger partial charge in [-0.25, -0.2) is 9.38 Å². The first-order chi connectivity index (χ1) is 19.4. The molecule has 1 unspecified atom stereocenters. The number of rotatable bonds is 9. The first kappa shape index (κ1) is 27.1. The second kappa shape index (κ2) is 12.1. The number of hydrogen-bond donors (Lipinski definition) is 2. The van der Waals surface area contributed by atoms with Crippen molar-refractivity contribution in [2.24, 2.45) is 9.98 Å². The molecule has 0 aromatic heterocycles. The van der Waals surface area contributed by atoms with Crippen LogP contribution in [0.5, 0.6) is 5.75 Å². The summed E-state index contributed by atoms with van der Waals surface area (Å²) in [5.41, 5.74) is 2.77. The van der Waals surface area contributed by atoms with Crippen molar-refractivity contribution in [2.75, 3.05) is 18.2 Å². The highest BCUT2D eigenvalue weighted by atomic mass is 32.2. The number of halogens is 1. The number of amidine groups is 2. The first-order valence-electron chi connectivity index (χ1n) is 12.6. The lowest BCUT2D eigenvalue weighted by molar-refractivity contribution is -0.122. The second-order valence-corrected chi connectivity index (χ2v) is 10.0. The van der Waals surface area contributed by atoms with Crippen LogP contribution in [-0.4, -0.2) is 52.5 Å². The van der Waals surface area contributed by atoms with Crippen molar-refractivity contribution >= 4 is 51.9 Å². The Kier molecular flexibility index (Phi) is 8.20. The van der Waals surface area contributed by atoms with Crippen molar-refractivity contribution in [3.8, 4) is 5.75 Å². The zero-order valence-electron chi connectivity index (χ0n) is 21.6. The fourth-order valence-electron chi connectivity index (χ4n) is 4.34. The number of carbonyl (C=O) groups is 3. The van der Waals surface area contributed by atoms with Gasteiger partial charge in [0.05, 0.1) is 18.6 Å². The number of ether oxygens (including phenoxy) is 1. The predicted octanol–water partition coefficient (Wildman–Crippen LogP) is 4.26. The van der Waals surface area contributed by atoms with E-state index in [1.54, 1.807) is 48.4 Å². The van der Waals surface area contributed by atoms with Crippen LogP contribution >= 0.6 is 11.8 Å². The van der Waals surface area contributed by atoms with E-state index < -0.39 is 6.04 Å². The van der Waals surface area contributed by atoms with Crippen molar-refractivity contribution in [1.82, 2.24) is 10.2 Å². The molecule has 9 nitrogen and oxygen atoms in total. The standard InChI is InChI=1S/C29H26FN5O4S/c1-39-21-12-10-20(11-13-21)32-26(37)17-40-29-33-23-5-3-2-4-22(23)27-34-28(38)24(35(27)29)14-15-25(36)31-16-18-6-8-19(30)9-7-18/h2-13,24H,14-17H2,1H3,(H,31,36)(H,32,37). The summed E-state index contributed by atoms with van der Waals surface area (Å²) < 4.78 is 18.3. The van der Waals surface area contributed by atoms with Gasteiger partial charge in [0.2, 0.25) is 11.8 Å². The molecule has 0 saturated carbocycles. The molecule has 11 heteroatoms. The Labute approximate surface area is 234 Å². The van der Waals surface area contributed by atoms with Crippen LogP contribution in [0, 0.1) is 5.82 Å². The van der Waals surface area contributed by atoms with Gasteiger partial charge in [-0.1, -0.05) is 36.0 Å². The smallest absolute Gasteiger partial charge is 0.270 e. The Hall–Kier alpha value is -4.51. The average molecular weight is 560 g/mol. The minimum atomic E-state index is -0.726. The number of hydrogen-bond acceptors (Lipinski definition) is 7. The molecule has 0 aliphatic carbocycles. The fraction of sp³-hybridized carbons (Fsp3) is 0.207. The van der Waals surface area contributed by atoms with E-state index in [0.29, 0.717) is 33.7 Å². The van der Waals surface area contributed by atoms with Crippen LogP contribution in [0.15, 0.2) is 82.8 Å². The quantitative estimate of drug-likeness (QED) is 0.405. The third kappa shape index (κ3) is 6.20. The van der Waals surface area contributed by atoms with Crippen LogP contribution in [0.2, 0.25) is 0 Å². The number of amides is 3. The highest BCUT2D eigenvalue weighted by Gasteiger charge is 2.41. The molecule has 1 atom stereocenters. The van der Waals surface area contributed by atoms with E-state index >= 15 is 0 Å². The van der Waals surface area contributed by atoms with E-state index in [1.807, 2.05) is 24.3 Å². The summed E-state index contributed by atoms with van der Waals surface area (Å²) >= 11 is 1.20. The van der Waals surface area contributed by atoms with E-state index in [4.69, 9.17) is 9.73 Å². The zero-order chi connectivity index (χ0) is 28.1. The monoisotopic (exact) mass is 559 g/mol. The summed E-state index contributed by atoms with van der Waals surface area (Å²) in [7, 11) is 1.57. The van der Waals surface area contributed by atoms with Gasteiger partial charge in [-0.3, -0.25) is 19.3 Å². The topological polar surface area (TPSA) is 112 Å². The largest absolute Gasteiger partial charge is 0.497 e. The maximum absolute atomic E-state index is 13.1. The van der Waals surface area contributed by atoms with Crippen molar-refractivity contribution in [1.29, 1.82) is 0 Å². The molecule has 3 aromatic carbocycles. The summed E-state index contributed by atoms with van der Waals surface area (Å²) in [4.78, 5) is 49.0. The number of thioether (sulfide) groups is 1. The van der Waals surface area contributed by atoms with Crippen LogP contribution in [0.3, 0.4) is 0 Å². The summed E-state index contributed by atoms with van der Waals surface area (Å²) in [6, 6.07) is 19.5. The molecule has 2 aliphatic rings. The zero-order valence-corrected chi connectivity index (χ0v) is 22.4. The number of benzene rings is 3. The molecule has 0 saturated heterocycles. The predicted molar refractivity (Wildman–Crippen MR) is 152 cm³/mol. The van der Waals surface area contributed by atoms with Gasteiger partial charge in [-0.2, -0.15) is 4.99 Å². The number of methoxy groups -OCH3 is 1. The molecule has 0 bridgehead atoms. The van der Waals surface area contributed by atoms with E-state index in [1.165, 1.54) is 23.9 Å². The SMILES string of the molecule is COc1ccc(NC(=O)CSC2=Nc3ccccc3C3=NC(=O)C(CCC(=O)NCc4ccc(F)cc4)N23)cc1. The van der Waals surface area contributed by atoms with Crippen LogP contribution in [0.25, 0.3) is 0 Å². The van der Waals surface area contributed by atoms with Gasteiger partial charge in [-0.05, 0) is 60.5 Å². The fourth-order valence-corrected chi connectivity index (χ4v) is 5.18. The molecule has 204 valence electrons. The normalized spacial score (nSPS) is 15.5. The van der Waals surface area contributed by atoms with Crippen LogP contribution in [0.4, 0.5) is 15.8 Å². The average Bonchev–Trinajstić information content (AvgIpc) is 3.31. The maximum atomic E-state index is 13.1. The van der Waals surface area contributed by atoms with Crippen molar-refractivity contribution in [3.63, 3.8) is 0 Å². The Morgan fingerprint density at radius 2 is 1.75 bits per heavy atom. The molecule has 0 spiro atoms. The lowest BCUT2D eigenvalue weighted by Gasteiger charge is -2.31. The number of nitrogens with zero attached hydrogens (tertiary/aromatic N) is 3. The van der Waals surface area contributed by atoms with Crippen molar-refractivity contribution in [3.05, 3.63) is 89.7 Å². The number of anilines is 1. The molecule has 40 heavy (non-hydrogen) atoms. The van der Waals surface area contributed by atoms with Gasteiger partial charge in [0.25, 0.3) is 5.91 Å².